The van der Waals surface area contributed by atoms with Crippen LogP contribution in [0.1, 0.15) is 38.2 Å². The molecular formula is C13H21NOS. The van der Waals surface area contributed by atoms with Crippen molar-refractivity contribution in [2.45, 2.75) is 50.7 Å². The van der Waals surface area contributed by atoms with Crippen LogP contribution in [0.5, 0.6) is 0 Å². The molecule has 0 spiro atoms. The van der Waals surface area contributed by atoms with Gasteiger partial charge >= 0.3 is 0 Å². The Balaban J connectivity index is 1.73. The highest BCUT2D eigenvalue weighted by molar-refractivity contribution is 7.07. The summed E-state index contributed by atoms with van der Waals surface area (Å²) in [5.41, 5.74) is 0.964. The fourth-order valence-corrected chi connectivity index (χ4v) is 3.09. The van der Waals surface area contributed by atoms with Crippen molar-refractivity contribution in [3.05, 3.63) is 22.4 Å². The molecule has 16 heavy (non-hydrogen) atoms. The van der Waals surface area contributed by atoms with Gasteiger partial charge in [-0.25, -0.2) is 0 Å². The van der Waals surface area contributed by atoms with Crippen LogP contribution in [0.3, 0.4) is 0 Å². The summed E-state index contributed by atoms with van der Waals surface area (Å²) in [6.07, 6.45) is 5.34. The molecule has 1 unspecified atom stereocenters. The van der Waals surface area contributed by atoms with Crippen LogP contribution < -0.4 is 5.32 Å². The predicted octanol–water partition coefficient (Wildman–Crippen LogP) is 2.57. The zero-order chi connectivity index (χ0) is 11.4. The van der Waals surface area contributed by atoms with E-state index in [4.69, 9.17) is 0 Å². The normalized spacial score (nSPS) is 21.1. The highest BCUT2D eigenvalue weighted by atomic mass is 32.1. The van der Waals surface area contributed by atoms with Crippen molar-refractivity contribution in [1.29, 1.82) is 0 Å². The molecule has 0 amide bonds. The van der Waals surface area contributed by atoms with Crippen molar-refractivity contribution in [3.8, 4) is 0 Å². The molecule has 1 aliphatic rings. The molecule has 1 aromatic rings. The summed E-state index contributed by atoms with van der Waals surface area (Å²) in [7, 11) is 0. The molecule has 1 heterocycles. The first-order valence-corrected chi connectivity index (χ1v) is 7.09. The van der Waals surface area contributed by atoms with Crippen molar-refractivity contribution < 1.29 is 5.11 Å². The third-order valence-electron chi connectivity index (χ3n) is 3.44. The van der Waals surface area contributed by atoms with Gasteiger partial charge in [-0.15, -0.1) is 0 Å². The summed E-state index contributed by atoms with van der Waals surface area (Å²) in [6, 6.07) is 2.62. The predicted molar refractivity (Wildman–Crippen MR) is 68.9 cm³/mol. The van der Waals surface area contributed by atoms with E-state index < -0.39 is 5.60 Å². The van der Waals surface area contributed by atoms with E-state index in [9.17, 15) is 5.11 Å². The maximum absolute atomic E-state index is 10.2. The number of hydrogen-bond acceptors (Lipinski definition) is 3. The molecule has 0 radical (unpaired) electrons. The minimum Gasteiger partial charge on any atom is -0.389 e. The van der Waals surface area contributed by atoms with E-state index in [1.54, 1.807) is 11.3 Å². The Hall–Kier alpha value is -0.380. The molecule has 90 valence electrons. The standard InChI is InChI=1S/C13H21NOS/c1-11(8-12-4-7-16-9-12)14-10-13(15)5-2-3-6-13/h4,7,9,11,14-15H,2-3,5-6,8,10H2,1H3. The number of thiophene rings is 1. The van der Waals surface area contributed by atoms with Crippen LogP contribution >= 0.6 is 11.3 Å². The van der Waals surface area contributed by atoms with E-state index in [2.05, 4.69) is 29.1 Å². The van der Waals surface area contributed by atoms with Gasteiger partial charge in [-0.2, -0.15) is 11.3 Å². The first-order valence-electron chi connectivity index (χ1n) is 6.15. The van der Waals surface area contributed by atoms with Crippen LogP contribution in [0.25, 0.3) is 0 Å². The topological polar surface area (TPSA) is 32.3 Å². The fraction of sp³-hybridized carbons (Fsp3) is 0.692. The largest absolute Gasteiger partial charge is 0.389 e. The van der Waals surface area contributed by atoms with E-state index >= 15 is 0 Å². The molecule has 1 atom stereocenters. The second-order valence-corrected chi connectivity index (χ2v) is 5.83. The molecule has 1 fully saturated rings. The number of rotatable bonds is 5. The molecule has 2 rings (SSSR count). The lowest BCUT2D eigenvalue weighted by Crippen LogP contribution is -2.42. The molecule has 2 N–H and O–H groups in total. The van der Waals surface area contributed by atoms with Gasteiger partial charge in [0.25, 0.3) is 0 Å². The van der Waals surface area contributed by atoms with Crippen molar-refractivity contribution in [2.75, 3.05) is 6.54 Å². The van der Waals surface area contributed by atoms with E-state index in [0.29, 0.717) is 6.04 Å². The average Bonchev–Trinajstić information content (AvgIpc) is 2.88. The maximum Gasteiger partial charge on any atom is 0.0771 e. The summed E-state index contributed by atoms with van der Waals surface area (Å²) in [5.74, 6) is 0. The van der Waals surface area contributed by atoms with Crippen LogP contribution in [-0.2, 0) is 6.42 Å². The zero-order valence-corrected chi connectivity index (χ0v) is 10.7. The Labute approximate surface area is 102 Å². The maximum atomic E-state index is 10.2. The van der Waals surface area contributed by atoms with Gasteiger partial charge < -0.3 is 10.4 Å². The van der Waals surface area contributed by atoms with E-state index in [1.807, 2.05) is 0 Å². The van der Waals surface area contributed by atoms with Crippen LogP contribution in [0, 0.1) is 0 Å². The number of hydrogen-bond donors (Lipinski definition) is 2. The van der Waals surface area contributed by atoms with Gasteiger partial charge in [-0.1, -0.05) is 12.8 Å². The molecule has 1 saturated carbocycles. The summed E-state index contributed by atoms with van der Waals surface area (Å²) in [4.78, 5) is 0. The Morgan fingerprint density at radius 1 is 1.50 bits per heavy atom. The second kappa shape index (κ2) is 5.30. The highest BCUT2D eigenvalue weighted by Gasteiger charge is 2.30. The SMILES string of the molecule is CC(Cc1ccsc1)NCC1(O)CCCC1. The van der Waals surface area contributed by atoms with E-state index in [1.165, 1.54) is 18.4 Å². The van der Waals surface area contributed by atoms with Gasteiger partial charge in [0.1, 0.15) is 0 Å². The Morgan fingerprint density at radius 3 is 2.88 bits per heavy atom. The third kappa shape index (κ3) is 3.30. The summed E-state index contributed by atoms with van der Waals surface area (Å²) in [6.45, 7) is 2.94. The van der Waals surface area contributed by atoms with Gasteiger partial charge in [-0.05, 0) is 48.6 Å². The van der Waals surface area contributed by atoms with E-state index in [0.717, 1.165) is 25.8 Å². The van der Waals surface area contributed by atoms with Crippen LogP contribution in [0.2, 0.25) is 0 Å². The lowest BCUT2D eigenvalue weighted by Gasteiger charge is -2.25. The van der Waals surface area contributed by atoms with Crippen molar-refractivity contribution in [1.82, 2.24) is 5.32 Å². The Morgan fingerprint density at radius 2 is 2.25 bits per heavy atom. The van der Waals surface area contributed by atoms with Crippen molar-refractivity contribution in [3.63, 3.8) is 0 Å². The highest BCUT2D eigenvalue weighted by Crippen LogP contribution is 2.28. The van der Waals surface area contributed by atoms with Crippen molar-refractivity contribution in [2.24, 2.45) is 0 Å². The molecule has 0 aromatic carbocycles. The van der Waals surface area contributed by atoms with Crippen LogP contribution in [0.4, 0.5) is 0 Å². The minimum absolute atomic E-state index is 0.428. The lowest BCUT2D eigenvalue weighted by molar-refractivity contribution is 0.0454. The number of aliphatic hydroxyl groups is 1. The van der Waals surface area contributed by atoms with Crippen LogP contribution in [0.15, 0.2) is 16.8 Å². The van der Waals surface area contributed by atoms with E-state index in [-0.39, 0.29) is 0 Å². The average molecular weight is 239 g/mol. The summed E-state index contributed by atoms with van der Waals surface area (Å²) >= 11 is 1.75. The van der Waals surface area contributed by atoms with Crippen molar-refractivity contribution >= 4 is 11.3 Å². The summed E-state index contributed by atoms with van der Waals surface area (Å²) < 4.78 is 0. The Kier molecular flexibility index (Phi) is 4.00. The molecule has 3 heteroatoms. The second-order valence-electron chi connectivity index (χ2n) is 5.05. The molecule has 0 aliphatic heterocycles. The molecule has 0 bridgehead atoms. The first-order chi connectivity index (χ1) is 7.68. The number of nitrogens with one attached hydrogen (secondary N) is 1. The smallest absolute Gasteiger partial charge is 0.0771 e. The van der Waals surface area contributed by atoms with Gasteiger partial charge in [0, 0.05) is 12.6 Å². The monoisotopic (exact) mass is 239 g/mol. The fourth-order valence-electron chi connectivity index (χ4n) is 2.41. The molecule has 0 saturated heterocycles. The zero-order valence-electron chi connectivity index (χ0n) is 9.91. The van der Waals surface area contributed by atoms with Gasteiger partial charge in [0.05, 0.1) is 5.60 Å². The van der Waals surface area contributed by atoms with Gasteiger partial charge in [0.2, 0.25) is 0 Å². The first kappa shape index (κ1) is 12.1. The third-order valence-corrected chi connectivity index (χ3v) is 4.17. The lowest BCUT2D eigenvalue weighted by atomic mass is 10.0. The molecular weight excluding hydrogens is 218 g/mol. The minimum atomic E-state index is -0.428. The molecule has 1 aromatic heterocycles. The van der Waals surface area contributed by atoms with Gasteiger partial charge in [0.15, 0.2) is 0 Å². The quantitative estimate of drug-likeness (QED) is 0.827. The molecule has 2 nitrogen and oxygen atoms in total. The van der Waals surface area contributed by atoms with Crippen LogP contribution in [-0.4, -0.2) is 23.3 Å². The van der Waals surface area contributed by atoms with Gasteiger partial charge in [-0.3, -0.25) is 0 Å². The Bertz CT molecular complexity index is 304. The molecule has 1 aliphatic carbocycles. The summed E-state index contributed by atoms with van der Waals surface area (Å²) in [5, 5.41) is 18.0.